The van der Waals surface area contributed by atoms with Gasteiger partial charge in [-0.2, -0.15) is 0 Å². The van der Waals surface area contributed by atoms with E-state index in [1.54, 1.807) is 7.11 Å². The quantitative estimate of drug-likeness (QED) is 0.883. The fourth-order valence-corrected chi connectivity index (χ4v) is 2.98. The van der Waals surface area contributed by atoms with Crippen molar-refractivity contribution >= 4 is 5.97 Å². The molecule has 3 rings (SSSR count). The first-order valence-electron chi connectivity index (χ1n) is 7.69. The molecule has 1 aliphatic rings. The van der Waals surface area contributed by atoms with Gasteiger partial charge in [0.1, 0.15) is 17.4 Å². The van der Waals surface area contributed by atoms with E-state index in [0.717, 1.165) is 16.9 Å². The second-order valence-electron chi connectivity index (χ2n) is 6.24. The van der Waals surface area contributed by atoms with Gasteiger partial charge in [-0.1, -0.05) is 42.5 Å². The van der Waals surface area contributed by atoms with Gasteiger partial charge in [0.2, 0.25) is 0 Å². The monoisotopic (exact) mass is 311 g/mol. The van der Waals surface area contributed by atoms with Gasteiger partial charge in [-0.25, -0.2) is 4.79 Å². The molecule has 0 unspecified atom stereocenters. The van der Waals surface area contributed by atoms with Crippen LogP contribution < -0.4 is 10.1 Å². The van der Waals surface area contributed by atoms with Crippen LogP contribution in [0.5, 0.6) is 5.75 Å². The van der Waals surface area contributed by atoms with E-state index in [4.69, 9.17) is 9.47 Å². The number of hydrogen-bond donors (Lipinski definition) is 1. The van der Waals surface area contributed by atoms with Crippen molar-refractivity contribution in [3.05, 3.63) is 65.7 Å². The van der Waals surface area contributed by atoms with Gasteiger partial charge in [0.15, 0.2) is 0 Å². The molecule has 4 nitrogen and oxygen atoms in total. The molecular weight excluding hydrogens is 290 g/mol. The lowest BCUT2D eigenvalue weighted by Gasteiger charge is -2.42. The maximum Gasteiger partial charge on any atom is 0.328 e. The largest absolute Gasteiger partial charge is 0.497 e. The minimum Gasteiger partial charge on any atom is -0.497 e. The third-order valence-corrected chi connectivity index (χ3v) is 4.21. The number of carbonyl (C=O) groups excluding carboxylic acids is 1. The predicted octanol–water partition coefficient (Wildman–Crippen LogP) is 3.40. The lowest BCUT2D eigenvalue weighted by Crippen LogP contribution is -2.52. The normalized spacial score (nSPS) is 23.2. The Labute approximate surface area is 136 Å². The highest BCUT2D eigenvalue weighted by molar-refractivity contribution is 5.79. The zero-order chi connectivity index (χ0) is 16.4. The summed E-state index contributed by atoms with van der Waals surface area (Å²) in [7, 11) is 1.62. The Morgan fingerprint density at radius 3 is 2.26 bits per heavy atom. The van der Waals surface area contributed by atoms with Crippen molar-refractivity contribution in [2.75, 3.05) is 7.11 Å². The van der Waals surface area contributed by atoms with E-state index < -0.39 is 11.6 Å². The summed E-state index contributed by atoms with van der Waals surface area (Å²) >= 11 is 0. The molecule has 4 heteroatoms. The molecule has 2 aromatic rings. The highest BCUT2D eigenvalue weighted by Crippen LogP contribution is 2.37. The van der Waals surface area contributed by atoms with E-state index in [1.165, 1.54) is 0 Å². The summed E-state index contributed by atoms with van der Waals surface area (Å²) in [4.78, 5) is 12.4. The van der Waals surface area contributed by atoms with E-state index in [0.29, 0.717) is 0 Å². The number of rotatable bonds is 3. The topological polar surface area (TPSA) is 47.6 Å². The third-order valence-electron chi connectivity index (χ3n) is 4.21. The molecule has 1 heterocycles. The first-order valence-corrected chi connectivity index (χ1v) is 7.69. The van der Waals surface area contributed by atoms with Crippen molar-refractivity contribution in [1.29, 1.82) is 0 Å². The second-order valence-corrected chi connectivity index (χ2v) is 6.24. The molecule has 0 saturated carbocycles. The summed E-state index contributed by atoms with van der Waals surface area (Å²) in [6.45, 7) is 3.86. The molecule has 1 fully saturated rings. The highest BCUT2D eigenvalue weighted by Gasteiger charge is 2.43. The maximum absolute atomic E-state index is 12.4. The molecule has 0 aromatic heterocycles. The number of benzene rings is 2. The van der Waals surface area contributed by atoms with Crippen LogP contribution in [0.2, 0.25) is 0 Å². The third kappa shape index (κ3) is 3.08. The van der Waals surface area contributed by atoms with Crippen molar-refractivity contribution in [2.24, 2.45) is 0 Å². The molecule has 23 heavy (non-hydrogen) atoms. The van der Waals surface area contributed by atoms with E-state index in [1.807, 2.05) is 68.4 Å². The van der Waals surface area contributed by atoms with E-state index in [9.17, 15) is 4.79 Å². The summed E-state index contributed by atoms with van der Waals surface area (Å²) < 4.78 is 10.9. The van der Waals surface area contributed by atoms with Gasteiger partial charge in [-0.05, 0) is 37.1 Å². The van der Waals surface area contributed by atoms with Gasteiger partial charge >= 0.3 is 5.97 Å². The molecule has 2 aromatic carbocycles. The first kappa shape index (κ1) is 15.6. The Morgan fingerprint density at radius 2 is 1.65 bits per heavy atom. The minimum atomic E-state index is -0.610. The zero-order valence-electron chi connectivity index (χ0n) is 13.6. The highest BCUT2D eigenvalue weighted by atomic mass is 16.6. The Bertz CT molecular complexity index is 680. The fourth-order valence-electron chi connectivity index (χ4n) is 2.98. The van der Waals surface area contributed by atoms with Crippen LogP contribution in [0.4, 0.5) is 0 Å². The summed E-state index contributed by atoms with van der Waals surface area (Å²) in [6, 6.07) is 17.0. The van der Waals surface area contributed by atoms with Crippen molar-refractivity contribution in [3.63, 3.8) is 0 Å². The summed E-state index contributed by atoms with van der Waals surface area (Å²) in [5, 5.41) is 3.45. The Kier molecular flexibility index (Phi) is 4.09. The molecule has 1 N–H and O–H groups in total. The van der Waals surface area contributed by atoms with Crippen LogP contribution in [0.1, 0.15) is 37.1 Å². The molecule has 0 radical (unpaired) electrons. The van der Waals surface area contributed by atoms with Gasteiger partial charge in [-0.15, -0.1) is 0 Å². The number of nitrogens with one attached hydrogen (secondary N) is 1. The van der Waals surface area contributed by atoms with E-state index in [-0.39, 0.29) is 12.0 Å². The lowest BCUT2D eigenvalue weighted by molar-refractivity contribution is -0.172. The second kappa shape index (κ2) is 6.05. The van der Waals surface area contributed by atoms with E-state index >= 15 is 0 Å². The average molecular weight is 311 g/mol. The van der Waals surface area contributed by atoms with Crippen LogP contribution in [-0.2, 0) is 9.53 Å². The van der Waals surface area contributed by atoms with E-state index in [2.05, 4.69) is 5.32 Å². The predicted molar refractivity (Wildman–Crippen MR) is 88.2 cm³/mol. The van der Waals surface area contributed by atoms with Crippen molar-refractivity contribution in [3.8, 4) is 5.75 Å². The van der Waals surface area contributed by atoms with Gasteiger partial charge in [0.05, 0.1) is 13.2 Å². The molecule has 0 bridgehead atoms. The lowest BCUT2D eigenvalue weighted by atomic mass is 9.88. The van der Waals surface area contributed by atoms with Crippen molar-refractivity contribution < 1.29 is 14.3 Å². The summed E-state index contributed by atoms with van der Waals surface area (Å²) in [5.41, 5.74) is 1.36. The SMILES string of the molecule is COc1ccc([C@@H]2N[C@H](c3ccccc3)C(C)(C)OC2=O)cc1. The molecular formula is C19H21NO3. The van der Waals surface area contributed by atoms with Gasteiger partial charge in [0, 0.05) is 0 Å². The molecule has 0 aliphatic carbocycles. The number of cyclic esters (lactones) is 1. The smallest absolute Gasteiger partial charge is 0.328 e. The number of esters is 1. The van der Waals surface area contributed by atoms with Crippen LogP contribution in [-0.4, -0.2) is 18.7 Å². The fraction of sp³-hybridized carbons (Fsp3) is 0.316. The molecule has 0 amide bonds. The van der Waals surface area contributed by atoms with Crippen LogP contribution in [0.15, 0.2) is 54.6 Å². The molecule has 1 aliphatic heterocycles. The van der Waals surface area contributed by atoms with Gasteiger partial charge in [-0.3, -0.25) is 5.32 Å². The first-order chi connectivity index (χ1) is 11.0. The molecule has 2 atom stereocenters. The Morgan fingerprint density at radius 1 is 1.00 bits per heavy atom. The van der Waals surface area contributed by atoms with Crippen LogP contribution >= 0.6 is 0 Å². The van der Waals surface area contributed by atoms with Crippen molar-refractivity contribution in [1.82, 2.24) is 5.32 Å². The average Bonchev–Trinajstić information content (AvgIpc) is 2.55. The van der Waals surface area contributed by atoms with Crippen LogP contribution in [0.3, 0.4) is 0 Å². The van der Waals surface area contributed by atoms with Gasteiger partial charge < -0.3 is 9.47 Å². The van der Waals surface area contributed by atoms with Crippen LogP contribution in [0.25, 0.3) is 0 Å². The zero-order valence-corrected chi connectivity index (χ0v) is 13.6. The Hall–Kier alpha value is -2.33. The number of methoxy groups -OCH3 is 1. The minimum absolute atomic E-state index is 0.0755. The number of hydrogen-bond acceptors (Lipinski definition) is 4. The molecule has 0 spiro atoms. The summed E-state index contributed by atoms with van der Waals surface area (Å²) in [6.07, 6.45) is 0. The summed E-state index contributed by atoms with van der Waals surface area (Å²) in [5.74, 6) is 0.505. The number of carbonyl (C=O) groups is 1. The maximum atomic E-state index is 12.4. The Balaban J connectivity index is 1.91. The number of morpholine rings is 1. The molecule has 1 saturated heterocycles. The van der Waals surface area contributed by atoms with Crippen LogP contribution in [0, 0.1) is 0 Å². The van der Waals surface area contributed by atoms with Gasteiger partial charge in [0.25, 0.3) is 0 Å². The standard InChI is InChI=1S/C19H21NO3/c1-19(2)17(14-7-5-4-6-8-14)20-16(18(21)23-19)13-9-11-15(22-3)12-10-13/h4-12,16-17,20H,1-3H3/t16-,17+/m0/s1. The molecule has 120 valence electrons. The van der Waals surface area contributed by atoms with Crippen molar-refractivity contribution in [2.45, 2.75) is 31.5 Å². The number of ether oxygens (including phenoxy) is 2.